The smallest absolute Gasteiger partial charge is 0.250 e. The lowest BCUT2D eigenvalue weighted by Crippen LogP contribution is -2.20. The molecule has 0 bridgehead atoms. The summed E-state index contributed by atoms with van der Waals surface area (Å²) in [5.74, 6) is 0.123. The van der Waals surface area contributed by atoms with Gasteiger partial charge >= 0.3 is 0 Å². The van der Waals surface area contributed by atoms with Gasteiger partial charge in [0.05, 0.1) is 23.0 Å². The average molecular weight is 352 g/mol. The fourth-order valence-corrected chi connectivity index (χ4v) is 3.43. The van der Waals surface area contributed by atoms with Gasteiger partial charge in [-0.15, -0.1) is 0 Å². The number of para-hydroxylation sites is 2. The number of aryl methyl sites for hydroxylation is 2. The molecule has 3 aromatic rings. The van der Waals surface area contributed by atoms with Crippen LogP contribution < -0.4 is 5.43 Å². The predicted octanol–water partition coefficient (Wildman–Crippen LogP) is 3.61. The van der Waals surface area contributed by atoms with Crippen molar-refractivity contribution in [3.05, 3.63) is 59.7 Å². The fraction of sp³-hybridized carbons (Fsp3) is 0.211. The number of hydrazone groups is 1. The van der Waals surface area contributed by atoms with Gasteiger partial charge in [-0.05, 0) is 31.5 Å². The minimum atomic E-state index is -0.149. The first-order valence-electron chi connectivity index (χ1n) is 8.14. The summed E-state index contributed by atoms with van der Waals surface area (Å²) in [6.07, 6.45) is 1.65. The maximum atomic E-state index is 12.0. The number of amides is 1. The van der Waals surface area contributed by atoms with E-state index in [4.69, 9.17) is 0 Å². The summed E-state index contributed by atoms with van der Waals surface area (Å²) in [4.78, 5) is 16.6. The number of nitrogens with zero attached hydrogens (tertiary/aromatic N) is 3. The molecule has 0 aliphatic rings. The molecule has 1 heterocycles. The Labute approximate surface area is 151 Å². The second-order valence-electron chi connectivity index (χ2n) is 5.62. The number of benzene rings is 2. The first-order chi connectivity index (χ1) is 12.2. The van der Waals surface area contributed by atoms with E-state index in [9.17, 15) is 4.79 Å². The Morgan fingerprint density at radius 3 is 2.92 bits per heavy atom. The molecule has 0 fully saturated rings. The third-order valence-electron chi connectivity index (χ3n) is 3.71. The fourth-order valence-electron chi connectivity index (χ4n) is 2.56. The molecule has 1 aromatic heterocycles. The summed E-state index contributed by atoms with van der Waals surface area (Å²) in [7, 11) is 0. The number of imidazole rings is 1. The van der Waals surface area contributed by atoms with Gasteiger partial charge in [0.15, 0.2) is 5.16 Å². The van der Waals surface area contributed by atoms with Crippen LogP contribution in [0.5, 0.6) is 0 Å². The molecule has 0 spiro atoms. The van der Waals surface area contributed by atoms with Crippen molar-refractivity contribution in [3.63, 3.8) is 0 Å². The number of fused-ring (bicyclic) bond motifs is 1. The number of thioether (sulfide) groups is 1. The molecule has 0 atom stereocenters. The molecule has 0 aliphatic carbocycles. The molecule has 6 heteroatoms. The van der Waals surface area contributed by atoms with Crippen LogP contribution in [-0.4, -0.2) is 27.4 Å². The van der Waals surface area contributed by atoms with Crippen LogP contribution >= 0.6 is 11.8 Å². The lowest BCUT2D eigenvalue weighted by atomic mass is 10.2. The van der Waals surface area contributed by atoms with E-state index in [2.05, 4.69) is 27.0 Å². The van der Waals surface area contributed by atoms with Crippen molar-refractivity contribution in [3.8, 4) is 0 Å². The largest absolute Gasteiger partial charge is 0.319 e. The Balaban J connectivity index is 1.59. The van der Waals surface area contributed by atoms with Crippen molar-refractivity contribution in [1.29, 1.82) is 0 Å². The van der Waals surface area contributed by atoms with Crippen LogP contribution in [0.15, 0.2) is 58.8 Å². The van der Waals surface area contributed by atoms with Crippen LogP contribution in [0.25, 0.3) is 11.0 Å². The van der Waals surface area contributed by atoms with Crippen molar-refractivity contribution in [2.24, 2.45) is 5.10 Å². The van der Waals surface area contributed by atoms with Gasteiger partial charge in [0.2, 0.25) is 0 Å². The molecule has 0 saturated carbocycles. The van der Waals surface area contributed by atoms with Crippen molar-refractivity contribution >= 4 is 34.9 Å². The predicted molar refractivity (Wildman–Crippen MR) is 103 cm³/mol. The molecule has 128 valence electrons. The topological polar surface area (TPSA) is 59.3 Å². The number of nitrogens with one attached hydrogen (secondary N) is 1. The monoisotopic (exact) mass is 352 g/mol. The SMILES string of the molecule is CCn1c(SCC(=O)NN=Cc2cccc(C)c2)nc2ccccc21. The van der Waals surface area contributed by atoms with Crippen molar-refractivity contribution in [1.82, 2.24) is 15.0 Å². The zero-order chi connectivity index (χ0) is 17.6. The number of carbonyl (C=O) groups is 1. The quantitative estimate of drug-likeness (QED) is 0.419. The summed E-state index contributed by atoms with van der Waals surface area (Å²) >= 11 is 1.42. The Morgan fingerprint density at radius 2 is 2.12 bits per heavy atom. The molecule has 0 radical (unpaired) electrons. The van der Waals surface area contributed by atoms with E-state index < -0.39 is 0 Å². The molecule has 3 rings (SSSR count). The summed E-state index contributed by atoms with van der Waals surface area (Å²) in [6, 6.07) is 15.9. The Kier molecular flexibility index (Phi) is 5.50. The number of hydrogen-bond donors (Lipinski definition) is 1. The van der Waals surface area contributed by atoms with Crippen LogP contribution in [-0.2, 0) is 11.3 Å². The standard InChI is InChI=1S/C19H20N4OS/c1-3-23-17-10-5-4-9-16(17)21-19(23)25-13-18(24)22-20-12-15-8-6-7-14(2)11-15/h4-12H,3,13H2,1-2H3,(H,22,24). The third kappa shape index (κ3) is 4.28. The highest BCUT2D eigenvalue weighted by Crippen LogP contribution is 2.23. The lowest BCUT2D eigenvalue weighted by Gasteiger charge is -2.04. The van der Waals surface area contributed by atoms with Gasteiger partial charge in [0.25, 0.3) is 5.91 Å². The van der Waals surface area contributed by atoms with Gasteiger partial charge in [-0.2, -0.15) is 5.10 Å². The summed E-state index contributed by atoms with van der Waals surface area (Å²) in [5, 5.41) is 4.86. The normalized spacial score (nSPS) is 11.3. The average Bonchev–Trinajstić information content (AvgIpc) is 2.97. The minimum Gasteiger partial charge on any atom is -0.319 e. The maximum absolute atomic E-state index is 12.0. The molecule has 0 unspecified atom stereocenters. The molecule has 2 aromatic carbocycles. The summed E-state index contributed by atoms with van der Waals surface area (Å²) in [6.45, 7) is 4.91. The van der Waals surface area contributed by atoms with Gasteiger partial charge in [-0.3, -0.25) is 4.79 Å². The Morgan fingerprint density at radius 1 is 1.28 bits per heavy atom. The second-order valence-corrected chi connectivity index (χ2v) is 6.57. The van der Waals surface area contributed by atoms with Crippen molar-refractivity contribution in [2.45, 2.75) is 25.5 Å². The highest BCUT2D eigenvalue weighted by atomic mass is 32.2. The summed E-state index contributed by atoms with van der Waals surface area (Å²) < 4.78 is 2.11. The zero-order valence-corrected chi connectivity index (χ0v) is 15.1. The highest BCUT2D eigenvalue weighted by molar-refractivity contribution is 7.99. The van der Waals surface area contributed by atoms with E-state index >= 15 is 0 Å². The minimum absolute atomic E-state index is 0.149. The maximum Gasteiger partial charge on any atom is 0.250 e. The van der Waals surface area contributed by atoms with Gasteiger partial charge < -0.3 is 4.57 Å². The van der Waals surface area contributed by atoms with E-state index in [0.717, 1.165) is 33.9 Å². The van der Waals surface area contributed by atoms with E-state index in [0.29, 0.717) is 0 Å². The van der Waals surface area contributed by atoms with E-state index in [-0.39, 0.29) is 11.7 Å². The molecule has 0 aliphatic heterocycles. The van der Waals surface area contributed by atoms with Gasteiger partial charge in [-0.1, -0.05) is 53.7 Å². The number of aromatic nitrogens is 2. The molecule has 0 saturated heterocycles. The highest BCUT2D eigenvalue weighted by Gasteiger charge is 2.11. The third-order valence-corrected chi connectivity index (χ3v) is 4.69. The van der Waals surface area contributed by atoms with E-state index in [1.807, 2.05) is 55.5 Å². The molecule has 1 N–H and O–H groups in total. The molecule has 1 amide bonds. The molecule has 5 nitrogen and oxygen atoms in total. The van der Waals surface area contributed by atoms with Crippen molar-refractivity contribution in [2.75, 3.05) is 5.75 Å². The van der Waals surface area contributed by atoms with Crippen LogP contribution in [0.2, 0.25) is 0 Å². The number of rotatable bonds is 6. The molecular weight excluding hydrogens is 332 g/mol. The van der Waals surface area contributed by atoms with Gasteiger partial charge in [0.1, 0.15) is 0 Å². The zero-order valence-electron chi connectivity index (χ0n) is 14.3. The molecule has 25 heavy (non-hydrogen) atoms. The van der Waals surface area contributed by atoms with E-state index in [1.54, 1.807) is 6.21 Å². The number of carbonyl (C=O) groups excluding carboxylic acids is 1. The van der Waals surface area contributed by atoms with Gasteiger partial charge in [0, 0.05) is 6.54 Å². The van der Waals surface area contributed by atoms with Crippen LogP contribution in [0.1, 0.15) is 18.1 Å². The first kappa shape index (κ1) is 17.2. The van der Waals surface area contributed by atoms with Gasteiger partial charge in [-0.25, -0.2) is 10.4 Å². The molecular formula is C19H20N4OS. The first-order valence-corrected chi connectivity index (χ1v) is 9.12. The van der Waals surface area contributed by atoms with Crippen LogP contribution in [0.3, 0.4) is 0 Å². The number of hydrogen-bond acceptors (Lipinski definition) is 4. The van der Waals surface area contributed by atoms with Crippen LogP contribution in [0, 0.1) is 6.92 Å². The second kappa shape index (κ2) is 7.98. The van der Waals surface area contributed by atoms with Crippen LogP contribution in [0.4, 0.5) is 0 Å². The Bertz CT molecular complexity index is 917. The summed E-state index contributed by atoms with van der Waals surface area (Å²) in [5.41, 5.74) is 6.72. The van der Waals surface area contributed by atoms with Crippen molar-refractivity contribution < 1.29 is 4.79 Å². The van der Waals surface area contributed by atoms with E-state index in [1.165, 1.54) is 11.8 Å². The Hall–Kier alpha value is -2.60. The lowest BCUT2D eigenvalue weighted by molar-refractivity contribution is -0.118.